The van der Waals surface area contributed by atoms with Crippen LogP contribution < -0.4 is 11.1 Å². The van der Waals surface area contributed by atoms with Crippen LogP contribution in [0, 0.1) is 5.41 Å². The molecule has 1 amide bonds. The zero-order valence-corrected chi connectivity index (χ0v) is 20.3. The van der Waals surface area contributed by atoms with Crippen molar-refractivity contribution in [3.8, 4) is 0 Å². The van der Waals surface area contributed by atoms with E-state index < -0.39 is 15.9 Å². The van der Waals surface area contributed by atoms with E-state index in [2.05, 4.69) is 5.32 Å². The van der Waals surface area contributed by atoms with Crippen molar-refractivity contribution in [2.45, 2.75) is 42.8 Å². The van der Waals surface area contributed by atoms with E-state index in [0.717, 1.165) is 37.5 Å². The summed E-state index contributed by atoms with van der Waals surface area (Å²) in [5.41, 5.74) is 8.60. The van der Waals surface area contributed by atoms with Crippen molar-refractivity contribution in [2.24, 2.45) is 0 Å². The van der Waals surface area contributed by atoms with Crippen molar-refractivity contribution in [3.63, 3.8) is 0 Å². The summed E-state index contributed by atoms with van der Waals surface area (Å²) in [7, 11) is -3.42. The maximum absolute atomic E-state index is 13.3. The summed E-state index contributed by atoms with van der Waals surface area (Å²) in [6.07, 6.45) is 4.47. The largest absolute Gasteiger partial charge is 0.398 e. The number of ether oxygens (including phenoxy) is 1. The first-order valence-corrected chi connectivity index (χ1v) is 13.4. The highest BCUT2D eigenvalue weighted by Crippen LogP contribution is 2.29. The standard InChI is InChI=1S/C27H29N3O4S/c1-35(32,33)22-13-7-10-19(16-22)25(29)23-17-20(14-15-24(23)28)30-27(31)26(18-8-3-2-4-9-18)34-21-11-5-6-12-21/h2-4,7-10,13-17,21,26,29H,5-6,11-12,28H2,1H3,(H,30,31). The van der Waals surface area contributed by atoms with Crippen LogP contribution in [0.3, 0.4) is 0 Å². The smallest absolute Gasteiger partial charge is 0.258 e. The number of amides is 1. The van der Waals surface area contributed by atoms with Gasteiger partial charge < -0.3 is 15.8 Å². The molecule has 1 unspecified atom stereocenters. The van der Waals surface area contributed by atoms with Crippen molar-refractivity contribution < 1.29 is 17.9 Å². The number of benzene rings is 3. The van der Waals surface area contributed by atoms with Gasteiger partial charge in [0.15, 0.2) is 15.9 Å². The Morgan fingerprint density at radius 1 is 1.03 bits per heavy atom. The molecule has 3 aromatic carbocycles. The lowest BCUT2D eigenvalue weighted by molar-refractivity contribution is -0.131. The van der Waals surface area contributed by atoms with Gasteiger partial charge in [0.25, 0.3) is 5.91 Å². The molecular weight excluding hydrogens is 462 g/mol. The Labute approximate surface area is 205 Å². The number of sulfone groups is 1. The average Bonchev–Trinajstić information content (AvgIpc) is 3.37. The fourth-order valence-electron chi connectivity index (χ4n) is 4.23. The van der Waals surface area contributed by atoms with Crippen LogP contribution in [0.25, 0.3) is 0 Å². The van der Waals surface area contributed by atoms with Crippen molar-refractivity contribution in [1.29, 1.82) is 5.41 Å². The third-order valence-electron chi connectivity index (χ3n) is 6.11. The Hall–Kier alpha value is -3.49. The van der Waals surface area contributed by atoms with E-state index in [1.807, 2.05) is 30.3 Å². The average molecular weight is 492 g/mol. The minimum absolute atomic E-state index is 0.0447. The quantitative estimate of drug-likeness (QED) is 0.311. The summed E-state index contributed by atoms with van der Waals surface area (Å²) in [6, 6.07) is 20.5. The summed E-state index contributed by atoms with van der Waals surface area (Å²) in [5, 5.41) is 11.6. The van der Waals surface area contributed by atoms with Crippen molar-refractivity contribution in [2.75, 3.05) is 17.3 Å². The van der Waals surface area contributed by atoms with Crippen LogP contribution >= 0.6 is 0 Å². The van der Waals surface area contributed by atoms with Crippen LogP contribution in [0.2, 0.25) is 0 Å². The lowest BCUT2D eigenvalue weighted by Crippen LogP contribution is -2.27. The van der Waals surface area contributed by atoms with Gasteiger partial charge >= 0.3 is 0 Å². The van der Waals surface area contributed by atoms with Gasteiger partial charge in [-0.25, -0.2) is 8.42 Å². The molecule has 0 spiro atoms. The predicted molar refractivity (Wildman–Crippen MR) is 137 cm³/mol. The molecule has 3 aromatic rings. The summed E-state index contributed by atoms with van der Waals surface area (Å²) in [4.78, 5) is 13.4. The fraction of sp³-hybridized carbons (Fsp3) is 0.259. The molecule has 0 bridgehead atoms. The molecule has 0 aliphatic heterocycles. The molecule has 0 heterocycles. The minimum atomic E-state index is -3.42. The SMILES string of the molecule is CS(=O)(=O)c1cccc(C(=N)c2cc(NC(=O)C(OC3CCCC3)c3ccccc3)ccc2N)c1. The van der Waals surface area contributed by atoms with Gasteiger partial charge in [-0.2, -0.15) is 0 Å². The molecule has 4 rings (SSSR count). The number of nitrogens with one attached hydrogen (secondary N) is 2. The topological polar surface area (TPSA) is 122 Å². The molecule has 1 aliphatic rings. The zero-order chi connectivity index (χ0) is 25.0. The lowest BCUT2D eigenvalue weighted by atomic mass is 10.00. The second kappa shape index (κ2) is 10.4. The van der Waals surface area contributed by atoms with Gasteiger partial charge in [0.2, 0.25) is 0 Å². The molecule has 8 heteroatoms. The van der Waals surface area contributed by atoms with Crippen LogP contribution in [0.5, 0.6) is 0 Å². The maximum atomic E-state index is 13.3. The molecule has 1 saturated carbocycles. The lowest BCUT2D eigenvalue weighted by Gasteiger charge is -2.22. The molecule has 1 atom stereocenters. The number of nitrogens with two attached hydrogens (primary N) is 1. The van der Waals surface area contributed by atoms with Crippen molar-refractivity contribution in [1.82, 2.24) is 0 Å². The molecule has 182 valence electrons. The molecule has 1 fully saturated rings. The van der Waals surface area contributed by atoms with E-state index in [1.54, 1.807) is 30.3 Å². The molecule has 7 nitrogen and oxygen atoms in total. The summed E-state index contributed by atoms with van der Waals surface area (Å²) in [6.45, 7) is 0. The second-order valence-corrected chi connectivity index (χ2v) is 10.8. The summed E-state index contributed by atoms with van der Waals surface area (Å²) < 4.78 is 30.1. The number of rotatable bonds is 8. The first-order chi connectivity index (χ1) is 16.7. The van der Waals surface area contributed by atoms with Gasteiger partial charge in [-0.1, -0.05) is 55.3 Å². The summed E-state index contributed by atoms with van der Waals surface area (Å²) in [5.74, 6) is -0.301. The van der Waals surface area contributed by atoms with Gasteiger partial charge in [-0.3, -0.25) is 10.2 Å². The van der Waals surface area contributed by atoms with E-state index in [0.29, 0.717) is 22.5 Å². The number of nitrogen functional groups attached to an aromatic ring is 1. The third-order valence-corrected chi connectivity index (χ3v) is 7.22. The highest BCUT2D eigenvalue weighted by Gasteiger charge is 2.27. The van der Waals surface area contributed by atoms with Gasteiger partial charge in [-0.05, 0) is 48.7 Å². The molecule has 0 aromatic heterocycles. The molecular formula is C27H29N3O4S. The Kier molecular flexibility index (Phi) is 7.33. The van der Waals surface area contributed by atoms with Gasteiger partial charge in [-0.15, -0.1) is 0 Å². The van der Waals surface area contributed by atoms with Crippen LogP contribution in [0.15, 0.2) is 77.7 Å². The Bertz CT molecular complexity index is 1330. The number of hydrogen-bond donors (Lipinski definition) is 3. The molecule has 0 saturated heterocycles. The minimum Gasteiger partial charge on any atom is -0.398 e. The van der Waals surface area contributed by atoms with Gasteiger partial charge in [0, 0.05) is 28.8 Å². The maximum Gasteiger partial charge on any atom is 0.258 e. The van der Waals surface area contributed by atoms with Crippen LogP contribution in [-0.2, 0) is 19.4 Å². The monoisotopic (exact) mass is 491 g/mol. The van der Waals surface area contributed by atoms with E-state index in [1.165, 1.54) is 12.1 Å². The van der Waals surface area contributed by atoms with Crippen LogP contribution in [0.4, 0.5) is 11.4 Å². The molecule has 4 N–H and O–H groups in total. The first kappa shape index (κ1) is 24.6. The number of anilines is 2. The fourth-order valence-corrected chi connectivity index (χ4v) is 4.90. The van der Waals surface area contributed by atoms with E-state index in [-0.39, 0.29) is 22.6 Å². The van der Waals surface area contributed by atoms with Crippen molar-refractivity contribution >= 4 is 32.8 Å². The van der Waals surface area contributed by atoms with Gasteiger partial charge in [0.1, 0.15) is 0 Å². The zero-order valence-electron chi connectivity index (χ0n) is 19.5. The Morgan fingerprint density at radius 3 is 2.43 bits per heavy atom. The Balaban J connectivity index is 1.59. The number of hydrogen-bond acceptors (Lipinski definition) is 6. The second-order valence-electron chi connectivity index (χ2n) is 8.80. The van der Waals surface area contributed by atoms with E-state index in [9.17, 15) is 13.2 Å². The van der Waals surface area contributed by atoms with Crippen LogP contribution in [0.1, 0.15) is 48.5 Å². The highest BCUT2D eigenvalue weighted by atomic mass is 32.2. The van der Waals surface area contributed by atoms with E-state index >= 15 is 0 Å². The summed E-state index contributed by atoms with van der Waals surface area (Å²) >= 11 is 0. The normalized spacial score (nSPS) is 15.0. The molecule has 1 aliphatic carbocycles. The van der Waals surface area contributed by atoms with Crippen LogP contribution in [-0.4, -0.2) is 32.4 Å². The molecule has 35 heavy (non-hydrogen) atoms. The highest BCUT2D eigenvalue weighted by molar-refractivity contribution is 7.90. The first-order valence-electron chi connectivity index (χ1n) is 11.5. The Morgan fingerprint density at radius 2 is 1.74 bits per heavy atom. The predicted octanol–water partition coefficient (Wildman–Crippen LogP) is 4.73. The van der Waals surface area contributed by atoms with Crippen molar-refractivity contribution in [3.05, 3.63) is 89.5 Å². The van der Waals surface area contributed by atoms with E-state index in [4.69, 9.17) is 15.9 Å². The van der Waals surface area contributed by atoms with Gasteiger partial charge in [0.05, 0.1) is 16.7 Å². The number of carbonyl (C=O) groups is 1. The number of carbonyl (C=O) groups excluding carboxylic acids is 1. The third kappa shape index (κ3) is 5.96. The molecule has 0 radical (unpaired) electrons.